The molecule has 0 spiro atoms. The van der Waals surface area contributed by atoms with Crippen molar-refractivity contribution in [3.63, 3.8) is 0 Å². The number of halogens is 1. The molecule has 0 atom stereocenters. The molecule has 118 valence electrons. The number of nitrogens with one attached hydrogen (secondary N) is 1. The van der Waals surface area contributed by atoms with E-state index in [1.54, 1.807) is 28.0 Å². The van der Waals surface area contributed by atoms with Crippen LogP contribution in [-0.4, -0.2) is 28.0 Å². The molecule has 0 aliphatic carbocycles. The van der Waals surface area contributed by atoms with E-state index in [0.717, 1.165) is 35.4 Å². The molecule has 2 aromatic heterocycles. The number of aromatic amines is 1. The Morgan fingerprint density at radius 3 is 2.78 bits per heavy atom. The van der Waals surface area contributed by atoms with Gasteiger partial charge in [-0.3, -0.25) is 9.36 Å². The lowest BCUT2D eigenvalue weighted by Gasteiger charge is -2.21. The Balaban J connectivity index is 2.02. The van der Waals surface area contributed by atoms with Gasteiger partial charge in [0.1, 0.15) is 4.83 Å². The Morgan fingerprint density at radius 2 is 2.04 bits per heavy atom. The Kier molecular flexibility index (Phi) is 3.65. The molecule has 0 saturated heterocycles. The molecule has 0 bridgehead atoms. The fourth-order valence-electron chi connectivity index (χ4n) is 3.03. The second-order valence-corrected chi connectivity index (χ2v) is 7.67. The van der Waals surface area contributed by atoms with E-state index in [1.165, 1.54) is 10.4 Å². The summed E-state index contributed by atoms with van der Waals surface area (Å²) in [5.41, 5.74) is 1.85. The normalized spacial score (nSPS) is 15.0. The van der Waals surface area contributed by atoms with Crippen LogP contribution in [0.2, 0.25) is 5.02 Å². The quantitative estimate of drug-likeness (QED) is 0.669. The van der Waals surface area contributed by atoms with Crippen molar-refractivity contribution in [3.8, 4) is 5.69 Å². The van der Waals surface area contributed by atoms with Crippen LogP contribution in [0.5, 0.6) is 0 Å². The molecule has 3 heterocycles. The molecule has 4 nitrogen and oxygen atoms in total. The van der Waals surface area contributed by atoms with E-state index >= 15 is 0 Å². The summed E-state index contributed by atoms with van der Waals surface area (Å²) in [5.74, 6) is 0. The smallest absolute Gasteiger partial charge is 0.267 e. The topological polar surface area (TPSA) is 41.0 Å². The van der Waals surface area contributed by atoms with Gasteiger partial charge in [0, 0.05) is 23.0 Å². The third-order valence-corrected chi connectivity index (χ3v) is 5.84. The van der Waals surface area contributed by atoms with Crippen molar-refractivity contribution >= 4 is 45.4 Å². The molecule has 1 aromatic carbocycles. The van der Waals surface area contributed by atoms with Crippen LogP contribution in [0.1, 0.15) is 10.4 Å². The number of thiophene rings is 1. The minimum absolute atomic E-state index is 0.0480. The van der Waals surface area contributed by atoms with Gasteiger partial charge < -0.3 is 9.88 Å². The average Bonchev–Trinajstić information content (AvgIpc) is 2.86. The van der Waals surface area contributed by atoms with Gasteiger partial charge in [-0.1, -0.05) is 11.6 Å². The van der Waals surface area contributed by atoms with Gasteiger partial charge in [-0.25, -0.2) is 0 Å². The number of hydrogen-bond donors (Lipinski definition) is 1. The first-order valence-electron chi connectivity index (χ1n) is 7.28. The van der Waals surface area contributed by atoms with Gasteiger partial charge in [0.25, 0.3) is 5.56 Å². The van der Waals surface area contributed by atoms with Gasteiger partial charge >= 0.3 is 0 Å². The second-order valence-electron chi connectivity index (χ2n) is 5.74. The van der Waals surface area contributed by atoms with Crippen LogP contribution in [0.15, 0.2) is 29.1 Å². The zero-order chi connectivity index (χ0) is 16.1. The molecule has 3 aromatic rings. The predicted octanol–water partition coefficient (Wildman–Crippen LogP) is 3.75. The first-order chi connectivity index (χ1) is 11.0. The van der Waals surface area contributed by atoms with Crippen molar-refractivity contribution in [3.05, 3.63) is 54.9 Å². The lowest BCUT2D eigenvalue weighted by molar-refractivity contribution is 0.318. The summed E-state index contributed by atoms with van der Waals surface area (Å²) in [5, 5.41) is 1.41. The number of aromatic nitrogens is 2. The summed E-state index contributed by atoms with van der Waals surface area (Å²) >= 11 is 13.0. The van der Waals surface area contributed by atoms with Crippen molar-refractivity contribution in [2.45, 2.75) is 13.0 Å². The first-order valence-corrected chi connectivity index (χ1v) is 8.89. The SMILES string of the molecule is CN1CCc2c(sc3[nH]c(=S)n(-c4ccc(Cl)cc4)c(=O)c23)C1. The third-order valence-electron chi connectivity index (χ3n) is 4.17. The van der Waals surface area contributed by atoms with E-state index in [0.29, 0.717) is 9.79 Å². The van der Waals surface area contributed by atoms with Crippen LogP contribution >= 0.6 is 35.2 Å². The molecular weight excluding hydrogens is 350 g/mol. The zero-order valence-electron chi connectivity index (χ0n) is 12.4. The highest BCUT2D eigenvalue weighted by molar-refractivity contribution is 7.71. The molecule has 1 aliphatic rings. The van der Waals surface area contributed by atoms with Crippen molar-refractivity contribution in [2.24, 2.45) is 0 Å². The summed E-state index contributed by atoms with van der Waals surface area (Å²) in [6.07, 6.45) is 0.895. The molecule has 0 fully saturated rings. The van der Waals surface area contributed by atoms with Gasteiger partial charge in [-0.15, -0.1) is 11.3 Å². The van der Waals surface area contributed by atoms with E-state index in [1.807, 2.05) is 12.1 Å². The molecule has 0 saturated carbocycles. The molecule has 4 rings (SSSR count). The number of nitrogens with zero attached hydrogens (tertiary/aromatic N) is 2. The maximum atomic E-state index is 13.1. The number of benzene rings is 1. The number of rotatable bonds is 1. The summed E-state index contributed by atoms with van der Waals surface area (Å²) in [6, 6.07) is 7.15. The summed E-state index contributed by atoms with van der Waals surface area (Å²) < 4.78 is 1.97. The van der Waals surface area contributed by atoms with Crippen LogP contribution in [-0.2, 0) is 13.0 Å². The summed E-state index contributed by atoms with van der Waals surface area (Å²) in [7, 11) is 2.10. The molecule has 1 N–H and O–H groups in total. The van der Waals surface area contributed by atoms with E-state index in [2.05, 4.69) is 16.9 Å². The number of fused-ring (bicyclic) bond motifs is 3. The Hall–Kier alpha value is -1.47. The van der Waals surface area contributed by atoms with Crippen molar-refractivity contribution in [1.82, 2.24) is 14.5 Å². The largest absolute Gasteiger partial charge is 0.323 e. The van der Waals surface area contributed by atoms with Crippen LogP contribution < -0.4 is 5.56 Å². The molecule has 7 heteroatoms. The molecule has 1 aliphatic heterocycles. The third kappa shape index (κ3) is 2.46. The summed E-state index contributed by atoms with van der Waals surface area (Å²) in [4.78, 5) is 20.7. The first kappa shape index (κ1) is 15.1. The highest BCUT2D eigenvalue weighted by Crippen LogP contribution is 2.32. The molecule has 0 amide bonds. The maximum Gasteiger partial charge on any atom is 0.267 e. The van der Waals surface area contributed by atoms with Crippen molar-refractivity contribution in [2.75, 3.05) is 13.6 Å². The lowest BCUT2D eigenvalue weighted by Crippen LogP contribution is -2.27. The Bertz CT molecular complexity index is 1020. The molecule has 23 heavy (non-hydrogen) atoms. The maximum absolute atomic E-state index is 13.1. The van der Waals surface area contributed by atoms with Gasteiger partial charge in [-0.05, 0) is 55.5 Å². The monoisotopic (exact) mass is 363 g/mol. The molecule has 0 radical (unpaired) electrons. The second kappa shape index (κ2) is 5.56. The zero-order valence-corrected chi connectivity index (χ0v) is 14.8. The predicted molar refractivity (Wildman–Crippen MR) is 97.7 cm³/mol. The summed E-state index contributed by atoms with van der Waals surface area (Å²) in [6.45, 7) is 1.85. The van der Waals surface area contributed by atoms with Gasteiger partial charge in [-0.2, -0.15) is 0 Å². The highest BCUT2D eigenvalue weighted by Gasteiger charge is 2.22. The molecule has 0 unspecified atom stereocenters. The minimum Gasteiger partial charge on any atom is -0.323 e. The standard InChI is InChI=1S/C16H14ClN3OS2/c1-19-7-6-11-12(8-19)23-14-13(11)15(21)20(16(22)18-14)10-4-2-9(17)3-5-10/h2-5H,6-8H2,1H3,(H,18,22). The average molecular weight is 364 g/mol. The van der Waals surface area contributed by atoms with E-state index in [-0.39, 0.29) is 5.56 Å². The number of hydrogen-bond acceptors (Lipinski definition) is 4. The van der Waals surface area contributed by atoms with Gasteiger partial charge in [0.05, 0.1) is 11.1 Å². The van der Waals surface area contributed by atoms with Crippen molar-refractivity contribution in [1.29, 1.82) is 0 Å². The van der Waals surface area contributed by atoms with Crippen LogP contribution in [0.3, 0.4) is 0 Å². The van der Waals surface area contributed by atoms with E-state index in [9.17, 15) is 4.79 Å². The van der Waals surface area contributed by atoms with E-state index in [4.69, 9.17) is 23.8 Å². The van der Waals surface area contributed by atoms with Crippen LogP contribution in [0, 0.1) is 4.77 Å². The fourth-order valence-corrected chi connectivity index (χ4v) is 4.83. The lowest BCUT2D eigenvalue weighted by atomic mass is 10.1. The highest BCUT2D eigenvalue weighted by atomic mass is 35.5. The van der Waals surface area contributed by atoms with Crippen LogP contribution in [0.25, 0.3) is 15.9 Å². The minimum atomic E-state index is -0.0480. The van der Waals surface area contributed by atoms with Gasteiger partial charge in [0.2, 0.25) is 0 Å². The molecular formula is C16H14ClN3OS2. The number of likely N-dealkylation sites (N-methyl/N-ethyl adjacent to an activating group) is 1. The van der Waals surface area contributed by atoms with Gasteiger partial charge in [0.15, 0.2) is 4.77 Å². The van der Waals surface area contributed by atoms with Crippen molar-refractivity contribution < 1.29 is 0 Å². The van der Waals surface area contributed by atoms with Crippen LogP contribution in [0.4, 0.5) is 0 Å². The Labute approximate surface area is 146 Å². The van der Waals surface area contributed by atoms with E-state index < -0.39 is 0 Å². The fraction of sp³-hybridized carbons (Fsp3) is 0.250. The Morgan fingerprint density at radius 1 is 1.30 bits per heavy atom. The number of H-pyrrole nitrogens is 1.